The van der Waals surface area contributed by atoms with Crippen molar-refractivity contribution in [3.05, 3.63) is 29.8 Å². The molecule has 0 radical (unpaired) electrons. The van der Waals surface area contributed by atoms with Crippen molar-refractivity contribution in [1.82, 2.24) is 10.6 Å². The molecule has 3 N–H and O–H groups in total. The van der Waals surface area contributed by atoms with Crippen molar-refractivity contribution in [1.29, 1.82) is 0 Å². The summed E-state index contributed by atoms with van der Waals surface area (Å²) in [6.45, 7) is 0.513. The number of amides is 2. The number of anilines is 1. The fourth-order valence-corrected chi connectivity index (χ4v) is 1.76. The van der Waals surface area contributed by atoms with E-state index in [1.807, 2.05) is 19.2 Å². The summed E-state index contributed by atoms with van der Waals surface area (Å²) in [5.41, 5.74) is 1.56. The van der Waals surface area contributed by atoms with Crippen LogP contribution in [-0.4, -0.2) is 31.4 Å². The van der Waals surface area contributed by atoms with Crippen LogP contribution >= 0.6 is 0 Å². The highest BCUT2D eigenvalue weighted by Gasteiger charge is 2.23. The molecule has 0 spiro atoms. The lowest BCUT2D eigenvalue weighted by molar-refractivity contribution is -0.119. The molecule has 0 bridgehead atoms. The molecule has 5 heteroatoms. The molecule has 0 aromatic heterocycles. The van der Waals surface area contributed by atoms with Crippen molar-refractivity contribution < 1.29 is 9.59 Å². The van der Waals surface area contributed by atoms with Crippen LogP contribution in [0.25, 0.3) is 0 Å². The highest BCUT2D eigenvalue weighted by atomic mass is 16.2. The molecular formula is C12H15N3O2. The van der Waals surface area contributed by atoms with E-state index in [0.29, 0.717) is 18.5 Å². The average Bonchev–Trinajstić information content (AvgIpc) is 2.75. The van der Waals surface area contributed by atoms with Gasteiger partial charge >= 0.3 is 0 Å². The van der Waals surface area contributed by atoms with Crippen LogP contribution < -0.4 is 16.0 Å². The molecule has 1 unspecified atom stereocenters. The third kappa shape index (κ3) is 2.75. The van der Waals surface area contributed by atoms with Crippen LogP contribution in [0.5, 0.6) is 0 Å². The molecule has 5 nitrogen and oxygen atoms in total. The van der Waals surface area contributed by atoms with Gasteiger partial charge in [0.05, 0.1) is 6.04 Å². The van der Waals surface area contributed by atoms with E-state index in [2.05, 4.69) is 16.0 Å². The number of hydrogen-bond acceptors (Lipinski definition) is 3. The van der Waals surface area contributed by atoms with Crippen molar-refractivity contribution in [3.63, 3.8) is 0 Å². The number of benzene rings is 1. The van der Waals surface area contributed by atoms with Gasteiger partial charge in [-0.3, -0.25) is 9.59 Å². The summed E-state index contributed by atoms with van der Waals surface area (Å²) in [5.74, 6) is -0.157. The van der Waals surface area contributed by atoms with Gasteiger partial charge in [0.2, 0.25) is 5.91 Å². The molecule has 2 amide bonds. The molecule has 1 atom stereocenters. The molecule has 1 aromatic carbocycles. The van der Waals surface area contributed by atoms with Crippen molar-refractivity contribution in [2.24, 2.45) is 0 Å². The molecule has 17 heavy (non-hydrogen) atoms. The maximum Gasteiger partial charge on any atom is 0.251 e. The Morgan fingerprint density at radius 3 is 2.59 bits per heavy atom. The van der Waals surface area contributed by atoms with Gasteiger partial charge < -0.3 is 16.0 Å². The molecular weight excluding hydrogens is 218 g/mol. The third-order valence-electron chi connectivity index (χ3n) is 2.75. The summed E-state index contributed by atoms with van der Waals surface area (Å²) in [4.78, 5) is 22.8. The Kier molecular flexibility index (Phi) is 3.27. The third-order valence-corrected chi connectivity index (χ3v) is 2.75. The number of nitrogens with one attached hydrogen (secondary N) is 3. The molecule has 1 aromatic rings. The molecule has 1 aliphatic heterocycles. The second kappa shape index (κ2) is 4.86. The van der Waals surface area contributed by atoms with E-state index in [-0.39, 0.29) is 17.9 Å². The monoisotopic (exact) mass is 233 g/mol. The Bertz CT molecular complexity index is 428. The molecule has 90 valence electrons. The zero-order valence-corrected chi connectivity index (χ0v) is 9.62. The number of carbonyl (C=O) groups is 2. The zero-order chi connectivity index (χ0) is 12.3. The highest BCUT2D eigenvalue weighted by molar-refractivity contribution is 5.95. The van der Waals surface area contributed by atoms with Gasteiger partial charge in [-0.25, -0.2) is 0 Å². The van der Waals surface area contributed by atoms with Crippen LogP contribution in [0.4, 0.5) is 5.69 Å². The van der Waals surface area contributed by atoms with Gasteiger partial charge in [0.15, 0.2) is 0 Å². The summed E-state index contributed by atoms with van der Waals surface area (Å²) in [7, 11) is 1.82. The van der Waals surface area contributed by atoms with E-state index in [0.717, 1.165) is 5.69 Å². The van der Waals surface area contributed by atoms with Crippen LogP contribution in [-0.2, 0) is 4.79 Å². The Labute approximate surface area is 99.6 Å². The molecule has 1 saturated heterocycles. The standard InChI is InChI=1S/C12H15N3O2/c1-13-9-4-2-8(3-5-9)12(17)15-10-6-11(16)14-7-10/h2-5,10,13H,6-7H2,1H3,(H,14,16)(H,15,17). The minimum Gasteiger partial charge on any atom is -0.388 e. The van der Waals surface area contributed by atoms with E-state index in [1.165, 1.54) is 0 Å². The largest absolute Gasteiger partial charge is 0.388 e. The van der Waals surface area contributed by atoms with E-state index in [4.69, 9.17) is 0 Å². The average molecular weight is 233 g/mol. The summed E-state index contributed by atoms with van der Waals surface area (Å²) in [6, 6.07) is 7.09. The maximum absolute atomic E-state index is 11.8. The molecule has 1 fully saturated rings. The highest BCUT2D eigenvalue weighted by Crippen LogP contribution is 2.09. The van der Waals surface area contributed by atoms with Gasteiger partial charge in [0.1, 0.15) is 0 Å². The van der Waals surface area contributed by atoms with E-state index < -0.39 is 0 Å². The van der Waals surface area contributed by atoms with Crippen LogP contribution in [0, 0.1) is 0 Å². The van der Waals surface area contributed by atoms with E-state index in [1.54, 1.807) is 12.1 Å². The first-order valence-electron chi connectivity index (χ1n) is 5.54. The Hall–Kier alpha value is -2.04. The molecule has 0 saturated carbocycles. The van der Waals surface area contributed by atoms with Gasteiger partial charge in [-0.05, 0) is 24.3 Å². The molecule has 2 rings (SSSR count). The molecule has 0 aliphatic carbocycles. The van der Waals surface area contributed by atoms with Crippen molar-refractivity contribution in [2.45, 2.75) is 12.5 Å². The van der Waals surface area contributed by atoms with Crippen molar-refractivity contribution in [3.8, 4) is 0 Å². The molecule has 1 aliphatic rings. The van der Waals surface area contributed by atoms with E-state index >= 15 is 0 Å². The first-order valence-corrected chi connectivity index (χ1v) is 5.54. The lowest BCUT2D eigenvalue weighted by Crippen LogP contribution is -2.36. The Balaban J connectivity index is 1.97. The van der Waals surface area contributed by atoms with Crippen LogP contribution in [0.3, 0.4) is 0 Å². The maximum atomic E-state index is 11.8. The second-order valence-corrected chi connectivity index (χ2v) is 4.01. The van der Waals surface area contributed by atoms with Gasteiger partial charge in [0, 0.05) is 31.3 Å². The predicted octanol–water partition coefficient (Wildman–Crippen LogP) is 0.347. The van der Waals surface area contributed by atoms with Gasteiger partial charge in [-0.2, -0.15) is 0 Å². The number of rotatable bonds is 3. The number of hydrogen-bond donors (Lipinski definition) is 3. The molecule has 1 heterocycles. The van der Waals surface area contributed by atoms with Gasteiger partial charge in [-0.15, -0.1) is 0 Å². The van der Waals surface area contributed by atoms with Crippen molar-refractivity contribution in [2.75, 3.05) is 18.9 Å². The zero-order valence-electron chi connectivity index (χ0n) is 9.62. The van der Waals surface area contributed by atoms with Crippen LogP contribution in [0.2, 0.25) is 0 Å². The van der Waals surface area contributed by atoms with E-state index in [9.17, 15) is 9.59 Å². The van der Waals surface area contributed by atoms with Crippen LogP contribution in [0.1, 0.15) is 16.8 Å². The fraction of sp³-hybridized carbons (Fsp3) is 0.333. The normalized spacial score (nSPS) is 18.6. The smallest absolute Gasteiger partial charge is 0.251 e. The predicted molar refractivity (Wildman–Crippen MR) is 64.9 cm³/mol. The Morgan fingerprint density at radius 2 is 2.06 bits per heavy atom. The minimum absolute atomic E-state index is 0.0131. The summed E-state index contributed by atoms with van der Waals surface area (Å²) < 4.78 is 0. The first kappa shape index (κ1) is 11.4. The lowest BCUT2D eigenvalue weighted by atomic mass is 10.1. The topological polar surface area (TPSA) is 70.2 Å². The summed E-state index contributed by atoms with van der Waals surface area (Å²) in [5, 5.41) is 8.49. The fourth-order valence-electron chi connectivity index (χ4n) is 1.76. The summed E-state index contributed by atoms with van der Waals surface area (Å²) in [6.07, 6.45) is 0.361. The summed E-state index contributed by atoms with van der Waals surface area (Å²) >= 11 is 0. The number of carbonyl (C=O) groups excluding carboxylic acids is 2. The quantitative estimate of drug-likeness (QED) is 0.705. The van der Waals surface area contributed by atoms with Gasteiger partial charge in [0.25, 0.3) is 5.91 Å². The Morgan fingerprint density at radius 1 is 1.35 bits per heavy atom. The minimum atomic E-state index is -0.144. The first-order chi connectivity index (χ1) is 8.19. The second-order valence-electron chi connectivity index (χ2n) is 4.01. The van der Waals surface area contributed by atoms with Gasteiger partial charge in [-0.1, -0.05) is 0 Å². The van der Waals surface area contributed by atoms with Crippen molar-refractivity contribution >= 4 is 17.5 Å². The van der Waals surface area contributed by atoms with Crippen LogP contribution in [0.15, 0.2) is 24.3 Å². The lowest BCUT2D eigenvalue weighted by Gasteiger charge is -2.10. The SMILES string of the molecule is CNc1ccc(C(=O)NC2CNC(=O)C2)cc1.